The molecule has 0 aliphatic carbocycles. The quantitative estimate of drug-likeness (QED) is 0.0371. The van der Waals surface area contributed by atoms with Crippen LogP contribution >= 0.6 is 35.2 Å². The van der Waals surface area contributed by atoms with Crippen molar-refractivity contribution in [3.63, 3.8) is 0 Å². The molecule has 1 aromatic carbocycles. The van der Waals surface area contributed by atoms with Crippen LogP contribution in [0.25, 0.3) is 17.2 Å². The van der Waals surface area contributed by atoms with Gasteiger partial charge in [-0.25, -0.2) is 28.6 Å². The number of aliphatic hydroxyl groups is 2. The number of nitrogen functional groups attached to an aromatic ring is 1. The fraction of sp³-hybridized carbons (Fsp3) is 0.467. The number of aliphatic hydroxyl groups excluding tert-OH is 2. The minimum absolute atomic E-state index is 0.0256. The first-order valence-corrected chi connectivity index (χ1v) is 22.6. The molecule has 4 rings (SSSR count). The number of nitrogens with two attached hydrogens (primary N) is 2. The molecule has 25 nitrogen and oxygen atoms in total. The summed E-state index contributed by atoms with van der Waals surface area (Å²) < 4.78 is 62.2. The van der Waals surface area contributed by atoms with Crippen LogP contribution in [0.15, 0.2) is 48.7 Å². The molecule has 2 amide bonds. The number of thioether (sulfide) groups is 1. The Bertz CT molecular complexity index is 2140. The van der Waals surface area contributed by atoms with E-state index < -0.39 is 84.6 Å². The number of hydrogen-bond donors (Lipinski definition) is 10. The molecule has 59 heavy (non-hydrogen) atoms. The number of nitrogens with one attached hydrogen (secondary N) is 2. The molecule has 12 N–H and O–H groups in total. The molecule has 2 aromatic heterocycles. The molecule has 1 aliphatic rings. The highest BCUT2D eigenvalue weighted by Crippen LogP contribution is 2.61. The lowest BCUT2D eigenvalue weighted by Crippen LogP contribution is -2.46. The monoisotopic (exact) mass is 912 g/mol. The SMILES string of the molecule is CC(C)(COP(=O)(O)OP(=O)(O)OC[C@H]1O[C@@H](n2cnc3c(N)ncnc32)[C@H](O)[C@@H]1OP(=O)(O)O)[C@@H](O)C(=O)NCCC(=O)NCCSC(=O)C(N)=Cc1ccccc1. The summed E-state index contributed by atoms with van der Waals surface area (Å²) in [5.41, 5.74) is 10.9. The molecule has 1 saturated heterocycles. The van der Waals surface area contributed by atoms with Crippen molar-refractivity contribution in [1.82, 2.24) is 30.2 Å². The van der Waals surface area contributed by atoms with Crippen LogP contribution in [0.3, 0.4) is 0 Å². The third kappa shape index (κ3) is 14.2. The average molecular weight is 913 g/mol. The molecule has 0 radical (unpaired) electrons. The number of carbonyl (C=O) groups is 3. The van der Waals surface area contributed by atoms with Crippen molar-refractivity contribution in [2.75, 3.05) is 37.8 Å². The predicted molar refractivity (Wildman–Crippen MR) is 206 cm³/mol. The summed E-state index contributed by atoms with van der Waals surface area (Å²) in [7, 11) is -16.4. The number of rotatable bonds is 21. The predicted octanol–water partition coefficient (Wildman–Crippen LogP) is -0.335. The number of benzene rings is 1. The number of hydrogen-bond acceptors (Lipinski definition) is 19. The lowest BCUT2D eigenvalue weighted by molar-refractivity contribution is -0.137. The van der Waals surface area contributed by atoms with Gasteiger partial charge < -0.3 is 56.6 Å². The summed E-state index contributed by atoms with van der Waals surface area (Å²) in [5.74, 6) is -1.31. The Morgan fingerprint density at radius 2 is 1.71 bits per heavy atom. The van der Waals surface area contributed by atoms with Crippen LogP contribution in [0.1, 0.15) is 32.1 Å². The standard InChI is InChI=1S/C30H43N8O17P3S/c1-30(2,24(41)27(42)34-9-8-20(39)33-10-11-59-29(43)18(31)12-17-6-4-3-5-7-17)14-52-58(49,50)55-57(47,48)51-13-19-23(54-56(44,45)46)22(40)28(53-19)38-16-37-21-25(32)35-15-36-26(21)38/h3-7,12,15-16,19,22-24,28,40-41H,8-11,13-14,31H2,1-2H3,(H,33,39)(H,34,42)(H,47,48)(H,49,50)(H2,32,35,36)(H2,44,45,46)/t19-,22-,23-,24+,28-/m1/s1. The number of ether oxygens (including phenoxy) is 1. The van der Waals surface area contributed by atoms with E-state index in [-0.39, 0.29) is 53.1 Å². The number of aromatic nitrogens is 4. The van der Waals surface area contributed by atoms with Gasteiger partial charge in [-0.15, -0.1) is 0 Å². The first-order chi connectivity index (χ1) is 27.5. The van der Waals surface area contributed by atoms with Crippen LogP contribution in [-0.4, -0.2) is 123 Å². The molecule has 3 heterocycles. The first kappa shape index (κ1) is 48.0. The van der Waals surface area contributed by atoms with E-state index in [1.807, 2.05) is 6.07 Å². The average Bonchev–Trinajstić information content (AvgIpc) is 3.71. The van der Waals surface area contributed by atoms with Crippen molar-refractivity contribution < 1.29 is 80.5 Å². The Morgan fingerprint density at radius 3 is 2.39 bits per heavy atom. The summed E-state index contributed by atoms with van der Waals surface area (Å²) in [6, 6.07) is 8.98. The maximum absolute atomic E-state index is 12.7. The molecule has 1 aliphatic heterocycles. The van der Waals surface area contributed by atoms with Gasteiger partial charge in [0.15, 0.2) is 17.7 Å². The molecule has 3 aromatic rings. The van der Waals surface area contributed by atoms with Gasteiger partial charge in [-0.05, 0) is 11.6 Å². The van der Waals surface area contributed by atoms with E-state index in [4.69, 9.17) is 25.3 Å². The Labute approximate surface area is 339 Å². The molecule has 7 atom stereocenters. The van der Waals surface area contributed by atoms with Crippen molar-refractivity contribution in [2.45, 2.75) is 50.9 Å². The Morgan fingerprint density at radius 1 is 1.03 bits per heavy atom. The summed E-state index contributed by atoms with van der Waals surface area (Å²) >= 11 is 0.904. The summed E-state index contributed by atoms with van der Waals surface area (Å²) in [6.07, 6.45) is -5.48. The van der Waals surface area contributed by atoms with Crippen LogP contribution < -0.4 is 22.1 Å². The molecular weight excluding hydrogens is 869 g/mol. The van der Waals surface area contributed by atoms with E-state index in [9.17, 15) is 57.9 Å². The molecule has 1 fully saturated rings. The van der Waals surface area contributed by atoms with Crippen LogP contribution in [0.2, 0.25) is 0 Å². The number of imidazole rings is 1. The van der Waals surface area contributed by atoms with Gasteiger partial charge in [0.1, 0.15) is 36.3 Å². The van der Waals surface area contributed by atoms with E-state index in [1.54, 1.807) is 24.3 Å². The molecule has 2 unspecified atom stereocenters. The van der Waals surface area contributed by atoms with Crippen LogP contribution in [-0.2, 0) is 50.7 Å². The summed E-state index contributed by atoms with van der Waals surface area (Å²) in [6.45, 7) is 0.326. The number of nitrogens with zero attached hydrogens (tertiary/aromatic N) is 4. The summed E-state index contributed by atoms with van der Waals surface area (Å²) in [5, 5.41) is 26.0. The second-order valence-electron chi connectivity index (χ2n) is 13.2. The maximum Gasteiger partial charge on any atom is 0.481 e. The smallest absolute Gasteiger partial charge is 0.395 e. The second-order valence-corrected chi connectivity index (χ2v) is 18.5. The Hall–Kier alpha value is -3.68. The number of fused-ring (bicyclic) bond motifs is 1. The lowest BCUT2D eigenvalue weighted by atomic mass is 9.87. The van der Waals surface area contributed by atoms with Crippen LogP contribution in [0, 0.1) is 5.41 Å². The number of phosphoric ester groups is 3. The molecule has 29 heteroatoms. The van der Waals surface area contributed by atoms with Crippen molar-refractivity contribution in [3.05, 3.63) is 54.2 Å². The Kier molecular flexibility index (Phi) is 16.5. The number of carbonyl (C=O) groups excluding carboxylic acids is 3. The highest BCUT2D eigenvalue weighted by Gasteiger charge is 2.50. The van der Waals surface area contributed by atoms with Crippen molar-refractivity contribution in [3.8, 4) is 0 Å². The molecule has 0 saturated carbocycles. The van der Waals surface area contributed by atoms with Gasteiger partial charge in [-0.3, -0.25) is 32.5 Å². The highest BCUT2D eigenvalue weighted by molar-refractivity contribution is 8.14. The first-order valence-electron chi connectivity index (χ1n) is 17.1. The van der Waals surface area contributed by atoms with Gasteiger partial charge in [-0.1, -0.05) is 55.9 Å². The molecule has 0 bridgehead atoms. The van der Waals surface area contributed by atoms with E-state index in [2.05, 4.69) is 34.4 Å². The third-order valence-electron chi connectivity index (χ3n) is 8.09. The van der Waals surface area contributed by atoms with Gasteiger partial charge in [0, 0.05) is 30.7 Å². The molecular formula is C30H43N8O17P3S. The topological polar surface area (TPSA) is 390 Å². The maximum atomic E-state index is 12.7. The zero-order chi connectivity index (χ0) is 43.8. The normalized spacial score (nSPS) is 21.4. The zero-order valence-electron chi connectivity index (χ0n) is 31.1. The van der Waals surface area contributed by atoms with Gasteiger partial charge in [-0.2, -0.15) is 4.31 Å². The zero-order valence-corrected chi connectivity index (χ0v) is 34.6. The Balaban J connectivity index is 1.21. The van der Waals surface area contributed by atoms with Gasteiger partial charge in [0.05, 0.1) is 25.2 Å². The molecule has 0 spiro atoms. The summed E-state index contributed by atoms with van der Waals surface area (Å²) in [4.78, 5) is 88.0. The largest absolute Gasteiger partial charge is 0.481 e. The minimum Gasteiger partial charge on any atom is -0.395 e. The third-order valence-corrected chi connectivity index (χ3v) is 12.1. The van der Waals surface area contributed by atoms with E-state index in [0.29, 0.717) is 0 Å². The number of phosphoric acid groups is 3. The fourth-order valence-electron chi connectivity index (χ4n) is 5.14. The van der Waals surface area contributed by atoms with Crippen molar-refractivity contribution in [2.24, 2.45) is 11.1 Å². The minimum atomic E-state index is -5.58. The second kappa shape index (κ2) is 20.3. The van der Waals surface area contributed by atoms with Crippen molar-refractivity contribution in [1.29, 1.82) is 0 Å². The van der Waals surface area contributed by atoms with E-state index in [0.717, 1.165) is 34.5 Å². The number of anilines is 1. The lowest BCUT2D eigenvalue weighted by Gasteiger charge is -2.30. The van der Waals surface area contributed by atoms with Gasteiger partial charge >= 0.3 is 23.5 Å². The van der Waals surface area contributed by atoms with E-state index >= 15 is 0 Å². The fourth-order valence-corrected chi connectivity index (χ4v) is 8.59. The number of amides is 2. The van der Waals surface area contributed by atoms with Gasteiger partial charge in [0.25, 0.3) is 0 Å². The molecule has 326 valence electrons. The van der Waals surface area contributed by atoms with Crippen LogP contribution in [0.5, 0.6) is 0 Å². The van der Waals surface area contributed by atoms with Crippen molar-refractivity contribution >= 4 is 75.2 Å². The highest BCUT2D eigenvalue weighted by atomic mass is 32.2. The van der Waals surface area contributed by atoms with Crippen LogP contribution in [0.4, 0.5) is 5.82 Å². The van der Waals surface area contributed by atoms with E-state index in [1.165, 1.54) is 19.9 Å². The van der Waals surface area contributed by atoms with Gasteiger partial charge in [0.2, 0.25) is 16.9 Å².